The van der Waals surface area contributed by atoms with Crippen LogP contribution in [0.4, 0.5) is 4.79 Å². The van der Waals surface area contributed by atoms with E-state index in [1.165, 1.54) is 11.2 Å². The SMILES string of the molecule is CCOc1cc(Br)c(CN2C(=O)NC(C)(c3ccco3)C2=O)cc1OCC. The second kappa shape index (κ2) is 7.64. The Morgan fingerprint density at radius 2 is 1.85 bits per heavy atom. The molecule has 0 bridgehead atoms. The van der Waals surface area contributed by atoms with E-state index in [-0.39, 0.29) is 12.5 Å². The van der Waals surface area contributed by atoms with Gasteiger partial charge in [-0.3, -0.25) is 9.69 Å². The van der Waals surface area contributed by atoms with Gasteiger partial charge in [0.25, 0.3) is 5.91 Å². The number of benzene rings is 1. The number of nitrogens with zero attached hydrogens (tertiary/aromatic N) is 1. The number of hydrogen-bond acceptors (Lipinski definition) is 5. The summed E-state index contributed by atoms with van der Waals surface area (Å²) in [6.45, 7) is 6.46. The van der Waals surface area contributed by atoms with Crippen molar-refractivity contribution in [3.05, 3.63) is 46.3 Å². The van der Waals surface area contributed by atoms with E-state index < -0.39 is 11.6 Å². The molecule has 1 saturated heterocycles. The Bertz CT molecular complexity index is 852. The Balaban J connectivity index is 1.89. The minimum Gasteiger partial charge on any atom is -0.490 e. The van der Waals surface area contributed by atoms with Crippen LogP contribution in [0.1, 0.15) is 32.1 Å². The van der Waals surface area contributed by atoms with Gasteiger partial charge in [-0.1, -0.05) is 15.9 Å². The fourth-order valence-corrected chi connectivity index (χ4v) is 3.42. The molecule has 3 amide bonds. The highest BCUT2D eigenvalue weighted by atomic mass is 79.9. The number of halogens is 1. The number of carbonyl (C=O) groups is 2. The van der Waals surface area contributed by atoms with Crippen molar-refractivity contribution in [2.75, 3.05) is 13.2 Å². The first kappa shape index (κ1) is 19.3. The third kappa shape index (κ3) is 3.53. The number of carbonyl (C=O) groups excluding carboxylic acids is 2. The van der Waals surface area contributed by atoms with Crippen LogP contribution in [-0.2, 0) is 16.9 Å². The van der Waals surface area contributed by atoms with Crippen LogP contribution in [0.2, 0.25) is 0 Å². The first-order valence-corrected chi connectivity index (χ1v) is 9.46. The second-order valence-corrected chi connectivity index (χ2v) is 7.03. The molecule has 2 aromatic rings. The summed E-state index contributed by atoms with van der Waals surface area (Å²) in [6.07, 6.45) is 1.47. The maximum Gasteiger partial charge on any atom is 0.325 e. The average molecular weight is 437 g/mol. The second-order valence-electron chi connectivity index (χ2n) is 6.18. The molecule has 3 rings (SSSR count). The number of amides is 3. The number of imide groups is 1. The summed E-state index contributed by atoms with van der Waals surface area (Å²) in [4.78, 5) is 26.6. The Labute approximate surface area is 165 Å². The summed E-state index contributed by atoms with van der Waals surface area (Å²) in [5.74, 6) is 1.19. The van der Waals surface area contributed by atoms with Gasteiger partial charge in [-0.25, -0.2) is 4.79 Å². The van der Waals surface area contributed by atoms with Crippen LogP contribution < -0.4 is 14.8 Å². The highest BCUT2D eigenvalue weighted by Gasteiger charge is 2.51. The number of urea groups is 1. The minimum atomic E-state index is -1.22. The standard InChI is InChI=1S/C19H21BrN2O5/c1-4-25-14-9-12(13(20)10-15(14)26-5-2)11-22-17(23)19(3,21-18(22)24)16-7-6-8-27-16/h6-10H,4-5,11H2,1-3H3,(H,21,24). The summed E-state index contributed by atoms with van der Waals surface area (Å²) >= 11 is 3.49. The first-order chi connectivity index (χ1) is 12.9. The Kier molecular flexibility index (Phi) is 5.46. The zero-order chi connectivity index (χ0) is 19.6. The monoisotopic (exact) mass is 436 g/mol. The van der Waals surface area contributed by atoms with Crippen LogP contribution in [0.25, 0.3) is 0 Å². The van der Waals surface area contributed by atoms with Crippen molar-refractivity contribution >= 4 is 27.9 Å². The summed E-state index contributed by atoms with van der Waals surface area (Å²) in [7, 11) is 0. The molecule has 1 unspecified atom stereocenters. The van der Waals surface area contributed by atoms with Crippen molar-refractivity contribution in [1.82, 2.24) is 10.2 Å². The predicted molar refractivity (Wildman–Crippen MR) is 102 cm³/mol. The Morgan fingerprint density at radius 3 is 2.44 bits per heavy atom. The highest BCUT2D eigenvalue weighted by molar-refractivity contribution is 9.10. The summed E-state index contributed by atoms with van der Waals surface area (Å²) in [5, 5.41) is 2.72. The Morgan fingerprint density at radius 1 is 1.19 bits per heavy atom. The fraction of sp³-hybridized carbons (Fsp3) is 0.368. The van der Waals surface area contributed by atoms with E-state index in [2.05, 4.69) is 21.2 Å². The van der Waals surface area contributed by atoms with Crippen molar-refractivity contribution in [1.29, 1.82) is 0 Å². The maximum absolute atomic E-state index is 12.9. The fourth-order valence-electron chi connectivity index (χ4n) is 2.98. The normalized spacial score (nSPS) is 19.3. The molecule has 1 aromatic heterocycles. The number of furan rings is 1. The van der Waals surface area contributed by atoms with Crippen LogP contribution in [0, 0.1) is 0 Å². The van der Waals surface area contributed by atoms with E-state index in [0.29, 0.717) is 30.5 Å². The summed E-state index contributed by atoms with van der Waals surface area (Å²) in [6, 6.07) is 6.44. The van der Waals surface area contributed by atoms with Gasteiger partial charge in [-0.15, -0.1) is 0 Å². The quantitative estimate of drug-likeness (QED) is 0.667. The van der Waals surface area contributed by atoms with Gasteiger partial charge in [0, 0.05) is 4.47 Å². The zero-order valence-electron chi connectivity index (χ0n) is 15.4. The maximum atomic E-state index is 12.9. The first-order valence-electron chi connectivity index (χ1n) is 8.66. The van der Waals surface area contributed by atoms with Gasteiger partial charge in [0.1, 0.15) is 5.76 Å². The van der Waals surface area contributed by atoms with Gasteiger partial charge >= 0.3 is 6.03 Å². The molecular weight excluding hydrogens is 416 g/mol. The molecule has 0 saturated carbocycles. The lowest BCUT2D eigenvalue weighted by Crippen LogP contribution is -2.40. The lowest BCUT2D eigenvalue weighted by molar-refractivity contribution is -0.132. The molecule has 1 aromatic carbocycles. The molecule has 1 aliphatic heterocycles. The van der Waals surface area contributed by atoms with Crippen LogP contribution in [0.3, 0.4) is 0 Å². The predicted octanol–water partition coefficient (Wildman–Crippen LogP) is 3.81. The van der Waals surface area contributed by atoms with Gasteiger partial charge < -0.3 is 19.2 Å². The average Bonchev–Trinajstić information content (AvgIpc) is 3.23. The van der Waals surface area contributed by atoms with Crippen molar-refractivity contribution in [3.63, 3.8) is 0 Å². The molecule has 1 fully saturated rings. The van der Waals surface area contributed by atoms with Crippen LogP contribution in [-0.4, -0.2) is 30.1 Å². The molecule has 0 aliphatic carbocycles. The lowest BCUT2D eigenvalue weighted by atomic mass is 9.99. The molecule has 2 heterocycles. The van der Waals surface area contributed by atoms with Crippen LogP contribution in [0.5, 0.6) is 11.5 Å². The van der Waals surface area contributed by atoms with Crippen molar-refractivity contribution in [2.45, 2.75) is 32.9 Å². The molecule has 144 valence electrons. The lowest BCUT2D eigenvalue weighted by Gasteiger charge is -2.20. The van der Waals surface area contributed by atoms with E-state index in [1.807, 2.05) is 13.8 Å². The highest BCUT2D eigenvalue weighted by Crippen LogP contribution is 2.36. The summed E-state index contributed by atoms with van der Waals surface area (Å²) < 4.78 is 17.3. The summed E-state index contributed by atoms with van der Waals surface area (Å²) in [5.41, 5.74) is -0.491. The minimum absolute atomic E-state index is 0.0913. The molecular formula is C19H21BrN2O5. The van der Waals surface area contributed by atoms with E-state index in [9.17, 15) is 9.59 Å². The van der Waals surface area contributed by atoms with E-state index in [1.54, 1.807) is 31.2 Å². The number of rotatable bonds is 7. The van der Waals surface area contributed by atoms with Crippen molar-refractivity contribution < 1.29 is 23.5 Å². The molecule has 8 heteroatoms. The molecule has 1 N–H and O–H groups in total. The zero-order valence-corrected chi connectivity index (χ0v) is 17.0. The molecule has 0 radical (unpaired) electrons. The number of nitrogens with one attached hydrogen (secondary N) is 1. The van der Waals surface area contributed by atoms with Crippen molar-refractivity contribution in [3.8, 4) is 11.5 Å². The largest absolute Gasteiger partial charge is 0.490 e. The molecule has 1 aliphatic rings. The Hall–Kier alpha value is -2.48. The van der Waals surface area contributed by atoms with Gasteiger partial charge in [-0.2, -0.15) is 0 Å². The van der Waals surface area contributed by atoms with Gasteiger partial charge in [0.05, 0.1) is 26.0 Å². The van der Waals surface area contributed by atoms with E-state index >= 15 is 0 Å². The van der Waals surface area contributed by atoms with E-state index in [4.69, 9.17) is 13.9 Å². The van der Waals surface area contributed by atoms with Gasteiger partial charge in [-0.05, 0) is 50.6 Å². The topological polar surface area (TPSA) is 81.0 Å². The third-order valence-corrected chi connectivity index (χ3v) is 5.07. The molecule has 1 atom stereocenters. The smallest absolute Gasteiger partial charge is 0.325 e. The van der Waals surface area contributed by atoms with E-state index in [0.717, 1.165) is 10.0 Å². The molecule has 27 heavy (non-hydrogen) atoms. The van der Waals surface area contributed by atoms with Crippen LogP contribution >= 0.6 is 15.9 Å². The molecule has 7 nitrogen and oxygen atoms in total. The van der Waals surface area contributed by atoms with Crippen molar-refractivity contribution in [2.24, 2.45) is 0 Å². The van der Waals surface area contributed by atoms with Crippen LogP contribution in [0.15, 0.2) is 39.4 Å². The van der Waals surface area contributed by atoms with Gasteiger partial charge in [0.2, 0.25) is 0 Å². The number of hydrogen-bond donors (Lipinski definition) is 1. The molecule has 0 spiro atoms. The van der Waals surface area contributed by atoms with Gasteiger partial charge in [0.15, 0.2) is 17.0 Å². The number of ether oxygens (including phenoxy) is 2. The third-order valence-electron chi connectivity index (χ3n) is 4.33.